The maximum absolute atomic E-state index is 11.6. The minimum atomic E-state index is -0.532. The maximum Gasteiger partial charge on any atom is 0.419 e. The van der Waals surface area contributed by atoms with E-state index in [0.29, 0.717) is 5.69 Å². The Hall–Kier alpha value is -1.40. The Kier molecular flexibility index (Phi) is 3.66. The third kappa shape index (κ3) is 4.00. The van der Waals surface area contributed by atoms with Gasteiger partial charge >= 0.3 is 6.09 Å². The van der Waals surface area contributed by atoms with Crippen molar-refractivity contribution in [3.63, 3.8) is 0 Å². The summed E-state index contributed by atoms with van der Waals surface area (Å²) in [7, 11) is 1.51. The van der Waals surface area contributed by atoms with Crippen molar-refractivity contribution < 1.29 is 14.7 Å². The quantitative estimate of drug-likeness (QED) is 0.775. The van der Waals surface area contributed by atoms with Gasteiger partial charge in [-0.05, 0) is 20.8 Å². The van der Waals surface area contributed by atoms with Crippen LogP contribution in [0.3, 0.4) is 0 Å². The number of imidazole rings is 1. The molecule has 0 fully saturated rings. The summed E-state index contributed by atoms with van der Waals surface area (Å²) in [6.07, 6.45) is 2.42. The monoisotopic (exact) mass is 227 g/mol. The lowest BCUT2D eigenvalue weighted by molar-refractivity contribution is -0.0740. The van der Waals surface area contributed by atoms with Gasteiger partial charge in [0.05, 0.1) is 12.2 Å². The van der Waals surface area contributed by atoms with E-state index in [1.807, 2.05) is 0 Å². The van der Waals surface area contributed by atoms with Crippen LogP contribution in [0.5, 0.6) is 0 Å². The number of carbonyl (C=O) groups is 1. The molecule has 0 unspecified atom stereocenters. The minimum absolute atomic E-state index is 0.260. The molecule has 1 heterocycles. The molecule has 1 N–H and O–H groups in total. The molecule has 1 aromatic heterocycles. The Bertz CT molecular complexity index is 366. The molecule has 0 bridgehead atoms. The van der Waals surface area contributed by atoms with Gasteiger partial charge in [-0.25, -0.2) is 14.3 Å². The number of ether oxygens (including phenoxy) is 1. The van der Waals surface area contributed by atoms with Crippen LogP contribution in [-0.4, -0.2) is 38.6 Å². The SMILES string of the molecule is CN(O)Cc1cn(C(=O)OC(C)(C)C)cn1. The Morgan fingerprint density at radius 1 is 1.62 bits per heavy atom. The number of rotatable bonds is 2. The maximum atomic E-state index is 11.6. The second-order valence-electron chi connectivity index (χ2n) is 4.57. The molecule has 0 aliphatic heterocycles. The average molecular weight is 227 g/mol. The van der Waals surface area contributed by atoms with Crippen molar-refractivity contribution in [3.8, 4) is 0 Å². The topological polar surface area (TPSA) is 67.6 Å². The third-order valence-electron chi connectivity index (χ3n) is 1.63. The molecule has 0 aromatic carbocycles. The Morgan fingerprint density at radius 3 is 2.75 bits per heavy atom. The number of hydrogen-bond acceptors (Lipinski definition) is 5. The van der Waals surface area contributed by atoms with Crippen LogP contribution in [0.1, 0.15) is 26.5 Å². The molecule has 16 heavy (non-hydrogen) atoms. The fraction of sp³-hybridized carbons (Fsp3) is 0.600. The summed E-state index contributed by atoms with van der Waals surface area (Å²) < 4.78 is 6.40. The molecular formula is C10H17N3O3. The van der Waals surface area contributed by atoms with Gasteiger partial charge in [-0.15, -0.1) is 0 Å². The van der Waals surface area contributed by atoms with E-state index < -0.39 is 11.7 Å². The van der Waals surface area contributed by atoms with Crippen LogP contribution in [0, 0.1) is 0 Å². The molecule has 6 heteroatoms. The van der Waals surface area contributed by atoms with Gasteiger partial charge in [-0.3, -0.25) is 0 Å². The van der Waals surface area contributed by atoms with Gasteiger partial charge in [0.1, 0.15) is 11.9 Å². The van der Waals surface area contributed by atoms with Crippen LogP contribution in [0.15, 0.2) is 12.5 Å². The summed E-state index contributed by atoms with van der Waals surface area (Å²) in [5.74, 6) is 0. The van der Waals surface area contributed by atoms with Gasteiger partial charge in [0.15, 0.2) is 0 Å². The number of hydrogen-bond donors (Lipinski definition) is 1. The molecule has 0 spiro atoms. The fourth-order valence-corrected chi connectivity index (χ4v) is 1.09. The van der Waals surface area contributed by atoms with Crippen molar-refractivity contribution >= 4 is 6.09 Å². The summed E-state index contributed by atoms with van der Waals surface area (Å²) in [6, 6.07) is 0. The standard InChI is InChI=1S/C10H17N3O3/c1-10(2,3)16-9(14)13-6-8(11-7-13)5-12(4)15/h6-7,15H,5H2,1-4H3. The summed E-state index contributed by atoms with van der Waals surface area (Å²) in [6.45, 7) is 5.65. The van der Waals surface area contributed by atoms with Gasteiger partial charge in [0, 0.05) is 13.2 Å². The van der Waals surface area contributed by atoms with Crippen LogP contribution in [-0.2, 0) is 11.3 Å². The van der Waals surface area contributed by atoms with Crippen LogP contribution in [0.4, 0.5) is 4.79 Å². The van der Waals surface area contributed by atoms with E-state index in [4.69, 9.17) is 9.94 Å². The van der Waals surface area contributed by atoms with Crippen LogP contribution >= 0.6 is 0 Å². The summed E-state index contributed by atoms with van der Waals surface area (Å²) in [5, 5.41) is 10.00. The smallest absolute Gasteiger partial charge is 0.419 e. The first-order valence-corrected chi connectivity index (χ1v) is 4.94. The van der Waals surface area contributed by atoms with Crippen LogP contribution in [0.25, 0.3) is 0 Å². The summed E-state index contributed by atoms with van der Waals surface area (Å²) in [4.78, 5) is 15.6. The highest BCUT2D eigenvalue weighted by atomic mass is 16.6. The van der Waals surface area contributed by atoms with Crippen molar-refractivity contribution in [3.05, 3.63) is 18.2 Å². The fourth-order valence-electron chi connectivity index (χ4n) is 1.09. The highest BCUT2D eigenvalue weighted by Crippen LogP contribution is 2.09. The molecule has 0 saturated heterocycles. The first-order chi connectivity index (χ1) is 7.28. The lowest BCUT2D eigenvalue weighted by atomic mass is 10.2. The Labute approximate surface area is 94.4 Å². The van der Waals surface area contributed by atoms with E-state index in [1.54, 1.807) is 20.8 Å². The van der Waals surface area contributed by atoms with Crippen molar-refractivity contribution in [1.82, 2.24) is 14.6 Å². The lowest BCUT2D eigenvalue weighted by Gasteiger charge is -2.19. The summed E-state index contributed by atoms with van der Waals surface area (Å²) >= 11 is 0. The molecule has 0 atom stereocenters. The molecule has 0 radical (unpaired) electrons. The van der Waals surface area contributed by atoms with Crippen LogP contribution in [0.2, 0.25) is 0 Å². The Morgan fingerprint density at radius 2 is 2.25 bits per heavy atom. The van der Waals surface area contributed by atoms with Gasteiger partial charge in [0.25, 0.3) is 0 Å². The van der Waals surface area contributed by atoms with Gasteiger partial charge < -0.3 is 9.94 Å². The van der Waals surface area contributed by atoms with E-state index in [2.05, 4.69) is 4.98 Å². The zero-order chi connectivity index (χ0) is 12.3. The molecule has 1 aromatic rings. The largest absolute Gasteiger partial charge is 0.443 e. The number of carbonyl (C=O) groups excluding carboxylic acids is 1. The van der Waals surface area contributed by atoms with Gasteiger partial charge in [-0.2, -0.15) is 5.06 Å². The number of nitrogens with zero attached hydrogens (tertiary/aromatic N) is 3. The van der Waals surface area contributed by atoms with Gasteiger partial charge in [-0.1, -0.05) is 0 Å². The summed E-state index contributed by atoms with van der Waals surface area (Å²) in [5.41, 5.74) is 0.0609. The second kappa shape index (κ2) is 4.63. The number of hydroxylamine groups is 2. The van der Waals surface area contributed by atoms with Crippen molar-refractivity contribution in [2.24, 2.45) is 0 Å². The first-order valence-electron chi connectivity index (χ1n) is 4.94. The van der Waals surface area contributed by atoms with E-state index in [-0.39, 0.29) is 6.54 Å². The van der Waals surface area contributed by atoms with Crippen molar-refractivity contribution in [1.29, 1.82) is 0 Å². The van der Waals surface area contributed by atoms with Crippen LogP contribution < -0.4 is 0 Å². The van der Waals surface area contributed by atoms with E-state index in [1.165, 1.54) is 24.1 Å². The third-order valence-corrected chi connectivity index (χ3v) is 1.63. The highest BCUT2D eigenvalue weighted by molar-refractivity contribution is 5.70. The van der Waals surface area contributed by atoms with E-state index in [9.17, 15) is 4.79 Å². The number of aromatic nitrogens is 2. The predicted molar refractivity (Wildman–Crippen MR) is 57.1 cm³/mol. The molecule has 0 aliphatic rings. The molecular weight excluding hydrogens is 210 g/mol. The normalized spacial score (nSPS) is 11.9. The van der Waals surface area contributed by atoms with E-state index in [0.717, 1.165) is 5.06 Å². The molecule has 0 aliphatic carbocycles. The molecule has 90 valence electrons. The Balaban J connectivity index is 2.67. The molecule has 1 rings (SSSR count). The van der Waals surface area contributed by atoms with Crippen molar-refractivity contribution in [2.45, 2.75) is 32.9 Å². The predicted octanol–water partition coefficient (Wildman–Crippen LogP) is 1.49. The van der Waals surface area contributed by atoms with Crippen molar-refractivity contribution in [2.75, 3.05) is 7.05 Å². The van der Waals surface area contributed by atoms with Gasteiger partial charge in [0.2, 0.25) is 0 Å². The highest BCUT2D eigenvalue weighted by Gasteiger charge is 2.18. The average Bonchev–Trinajstić information content (AvgIpc) is 2.48. The molecule has 0 saturated carbocycles. The zero-order valence-corrected chi connectivity index (χ0v) is 9.97. The zero-order valence-electron chi connectivity index (χ0n) is 9.97. The molecule has 6 nitrogen and oxygen atoms in total. The molecule has 0 amide bonds. The second-order valence-corrected chi connectivity index (χ2v) is 4.57. The van der Waals surface area contributed by atoms with E-state index >= 15 is 0 Å². The lowest BCUT2D eigenvalue weighted by Crippen LogP contribution is -2.26. The minimum Gasteiger partial charge on any atom is -0.443 e. The first kappa shape index (κ1) is 12.7.